The fourth-order valence-electron chi connectivity index (χ4n) is 3.10. The first-order valence-corrected chi connectivity index (χ1v) is 8.28. The minimum Gasteiger partial charge on any atom is -0.506 e. The molecule has 0 bridgehead atoms. The van der Waals surface area contributed by atoms with E-state index < -0.39 is 0 Å². The highest BCUT2D eigenvalue weighted by Gasteiger charge is 2.27. The van der Waals surface area contributed by atoms with E-state index in [-0.39, 0.29) is 5.91 Å². The van der Waals surface area contributed by atoms with E-state index in [1.807, 2.05) is 19.1 Å². The molecule has 4 heteroatoms. The maximum Gasteiger partial charge on any atom is 0.219 e. The molecule has 1 aromatic carbocycles. The molecule has 0 aromatic heterocycles. The van der Waals surface area contributed by atoms with Gasteiger partial charge in [-0.1, -0.05) is 13.0 Å². The molecular formula is C17H22BrNO2. The predicted octanol–water partition coefficient (Wildman–Crippen LogP) is 3.83. The molecule has 114 valence electrons. The monoisotopic (exact) mass is 351 g/mol. The summed E-state index contributed by atoms with van der Waals surface area (Å²) < 4.78 is 0.762. The molecule has 1 aliphatic rings. The maximum absolute atomic E-state index is 11.3. The number of carbonyl (C=O) groups is 1. The van der Waals surface area contributed by atoms with E-state index in [1.165, 1.54) is 11.1 Å². The van der Waals surface area contributed by atoms with Crippen LogP contribution in [0.5, 0.6) is 5.75 Å². The smallest absolute Gasteiger partial charge is 0.219 e. The Bertz CT molecular complexity index is 554. The number of aryl methyl sites for hydroxylation is 1. The molecular weight excluding hydrogens is 330 g/mol. The SMILES string of the molecule is C=CCc1c(O)c(Br)cc2c1C(CCNC(=O)CC)CC2. The summed E-state index contributed by atoms with van der Waals surface area (Å²) in [6.07, 6.45) is 6.06. The first-order chi connectivity index (χ1) is 10.1. The van der Waals surface area contributed by atoms with Crippen molar-refractivity contribution in [2.24, 2.45) is 0 Å². The first kappa shape index (κ1) is 16.1. The number of nitrogens with one attached hydrogen (secondary N) is 1. The van der Waals surface area contributed by atoms with Crippen LogP contribution >= 0.6 is 15.9 Å². The lowest BCUT2D eigenvalue weighted by atomic mass is 9.91. The molecule has 2 rings (SSSR count). The number of benzene rings is 1. The third kappa shape index (κ3) is 3.49. The van der Waals surface area contributed by atoms with E-state index in [0.717, 1.165) is 29.3 Å². The minimum atomic E-state index is 0.0955. The van der Waals surface area contributed by atoms with Gasteiger partial charge in [0, 0.05) is 18.5 Å². The van der Waals surface area contributed by atoms with Crippen molar-refractivity contribution in [3.63, 3.8) is 0 Å². The Morgan fingerprint density at radius 1 is 1.62 bits per heavy atom. The average Bonchev–Trinajstić information content (AvgIpc) is 2.86. The number of fused-ring (bicyclic) bond motifs is 1. The van der Waals surface area contributed by atoms with Crippen LogP contribution in [0.25, 0.3) is 0 Å². The van der Waals surface area contributed by atoms with Gasteiger partial charge in [0.1, 0.15) is 5.75 Å². The highest BCUT2D eigenvalue weighted by molar-refractivity contribution is 9.10. The first-order valence-electron chi connectivity index (χ1n) is 7.49. The highest BCUT2D eigenvalue weighted by atomic mass is 79.9. The Kier molecular flexibility index (Phi) is 5.45. The van der Waals surface area contributed by atoms with E-state index in [2.05, 4.69) is 27.8 Å². The summed E-state index contributed by atoms with van der Waals surface area (Å²) in [5, 5.41) is 13.2. The lowest BCUT2D eigenvalue weighted by molar-refractivity contribution is -0.120. The molecule has 21 heavy (non-hydrogen) atoms. The Morgan fingerprint density at radius 3 is 3.05 bits per heavy atom. The number of amides is 1. The van der Waals surface area contributed by atoms with Gasteiger partial charge < -0.3 is 10.4 Å². The molecule has 1 unspecified atom stereocenters. The Hall–Kier alpha value is -1.29. The van der Waals surface area contributed by atoms with Gasteiger partial charge in [-0.3, -0.25) is 4.79 Å². The van der Waals surface area contributed by atoms with Crippen molar-refractivity contribution in [3.05, 3.63) is 39.9 Å². The van der Waals surface area contributed by atoms with Gasteiger partial charge in [-0.15, -0.1) is 6.58 Å². The molecule has 0 fully saturated rings. The molecule has 0 heterocycles. The maximum atomic E-state index is 11.3. The lowest BCUT2D eigenvalue weighted by Crippen LogP contribution is -2.24. The van der Waals surface area contributed by atoms with Crippen molar-refractivity contribution in [1.82, 2.24) is 5.32 Å². The molecule has 1 amide bonds. The summed E-state index contributed by atoms with van der Waals surface area (Å²) in [5.41, 5.74) is 3.56. The summed E-state index contributed by atoms with van der Waals surface area (Å²) in [6.45, 7) is 6.34. The normalized spacial score (nSPS) is 16.6. The van der Waals surface area contributed by atoms with Gasteiger partial charge >= 0.3 is 0 Å². The van der Waals surface area contributed by atoms with Crippen LogP contribution in [0.2, 0.25) is 0 Å². The summed E-state index contributed by atoms with van der Waals surface area (Å²) in [7, 11) is 0. The zero-order chi connectivity index (χ0) is 15.4. The number of hydrogen-bond acceptors (Lipinski definition) is 2. The van der Waals surface area contributed by atoms with Crippen LogP contribution in [0.1, 0.15) is 48.8 Å². The summed E-state index contributed by atoms with van der Waals surface area (Å²) in [5.74, 6) is 0.836. The van der Waals surface area contributed by atoms with Gasteiger partial charge in [0.15, 0.2) is 0 Å². The number of allylic oxidation sites excluding steroid dienone is 1. The number of aromatic hydroxyl groups is 1. The molecule has 0 aliphatic heterocycles. The topological polar surface area (TPSA) is 49.3 Å². The molecule has 3 nitrogen and oxygen atoms in total. The number of rotatable bonds is 6. The lowest BCUT2D eigenvalue weighted by Gasteiger charge is -2.18. The van der Waals surface area contributed by atoms with Crippen molar-refractivity contribution >= 4 is 21.8 Å². The van der Waals surface area contributed by atoms with Crippen LogP contribution in [0.3, 0.4) is 0 Å². The minimum absolute atomic E-state index is 0.0955. The van der Waals surface area contributed by atoms with E-state index >= 15 is 0 Å². The van der Waals surface area contributed by atoms with Crippen molar-refractivity contribution in [1.29, 1.82) is 0 Å². The Labute approximate surface area is 134 Å². The van der Waals surface area contributed by atoms with Gasteiger partial charge in [-0.25, -0.2) is 0 Å². The van der Waals surface area contributed by atoms with Gasteiger partial charge in [0.2, 0.25) is 5.91 Å². The number of hydrogen-bond donors (Lipinski definition) is 2. The molecule has 1 aliphatic carbocycles. The van der Waals surface area contributed by atoms with E-state index in [4.69, 9.17) is 0 Å². The summed E-state index contributed by atoms with van der Waals surface area (Å²) >= 11 is 3.43. The van der Waals surface area contributed by atoms with Gasteiger partial charge in [0.05, 0.1) is 4.47 Å². The molecule has 0 saturated carbocycles. The molecule has 1 atom stereocenters. The van der Waals surface area contributed by atoms with Crippen LogP contribution in [0.15, 0.2) is 23.2 Å². The highest BCUT2D eigenvalue weighted by Crippen LogP contribution is 2.44. The summed E-state index contributed by atoms with van der Waals surface area (Å²) in [4.78, 5) is 11.3. The second kappa shape index (κ2) is 7.12. The summed E-state index contributed by atoms with van der Waals surface area (Å²) in [6, 6.07) is 2.03. The van der Waals surface area contributed by atoms with Gasteiger partial charge in [-0.05, 0) is 64.7 Å². The van der Waals surface area contributed by atoms with Crippen molar-refractivity contribution < 1.29 is 9.90 Å². The van der Waals surface area contributed by atoms with Crippen molar-refractivity contribution in [3.8, 4) is 5.75 Å². The van der Waals surface area contributed by atoms with Crippen molar-refractivity contribution in [2.45, 2.75) is 44.9 Å². The zero-order valence-electron chi connectivity index (χ0n) is 12.4. The molecule has 0 radical (unpaired) electrons. The zero-order valence-corrected chi connectivity index (χ0v) is 14.0. The largest absolute Gasteiger partial charge is 0.506 e. The van der Waals surface area contributed by atoms with E-state index in [0.29, 0.717) is 31.1 Å². The quantitative estimate of drug-likeness (QED) is 0.765. The fourth-order valence-corrected chi connectivity index (χ4v) is 3.62. The standard InChI is InChI=1S/C17H22BrNO2/c1-3-5-13-16-11(8-9-19-15(20)4-2)6-7-12(16)10-14(18)17(13)21/h3,10-11,21H,1,4-9H2,2H3,(H,19,20). The van der Waals surface area contributed by atoms with Crippen LogP contribution < -0.4 is 5.32 Å². The Morgan fingerprint density at radius 2 is 2.38 bits per heavy atom. The Balaban J connectivity index is 2.19. The third-order valence-corrected chi connectivity index (χ3v) is 4.74. The van der Waals surface area contributed by atoms with Crippen molar-refractivity contribution in [2.75, 3.05) is 6.54 Å². The fraction of sp³-hybridized carbons (Fsp3) is 0.471. The third-order valence-electron chi connectivity index (χ3n) is 4.14. The van der Waals surface area contributed by atoms with E-state index in [1.54, 1.807) is 0 Å². The molecule has 0 spiro atoms. The second-order valence-electron chi connectivity index (χ2n) is 5.48. The number of halogens is 1. The number of phenolic OH excluding ortho intramolecular Hbond substituents is 1. The van der Waals surface area contributed by atoms with Crippen LogP contribution in [0, 0.1) is 0 Å². The molecule has 1 aromatic rings. The predicted molar refractivity (Wildman–Crippen MR) is 88.7 cm³/mol. The molecule has 2 N–H and O–H groups in total. The number of phenols is 1. The average molecular weight is 352 g/mol. The van der Waals surface area contributed by atoms with Gasteiger partial charge in [-0.2, -0.15) is 0 Å². The number of carbonyl (C=O) groups excluding carboxylic acids is 1. The van der Waals surface area contributed by atoms with E-state index in [9.17, 15) is 9.90 Å². The molecule has 0 saturated heterocycles. The second-order valence-corrected chi connectivity index (χ2v) is 6.33. The van der Waals surface area contributed by atoms with Gasteiger partial charge in [0.25, 0.3) is 0 Å². The van der Waals surface area contributed by atoms with Crippen LogP contribution in [-0.4, -0.2) is 17.6 Å². The van der Waals surface area contributed by atoms with Crippen LogP contribution in [-0.2, 0) is 17.6 Å². The van der Waals surface area contributed by atoms with Crippen LogP contribution in [0.4, 0.5) is 0 Å².